The first-order valence-electron chi connectivity index (χ1n) is 6.26. The summed E-state index contributed by atoms with van der Waals surface area (Å²) >= 11 is 0. The molecule has 0 rings (SSSR count). The molecule has 3 heteroatoms. The first-order valence-corrected chi connectivity index (χ1v) is 6.26. The lowest BCUT2D eigenvalue weighted by molar-refractivity contribution is 0.174. The van der Waals surface area contributed by atoms with Crippen molar-refractivity contribution < 1.29 is 4.74 Å². The van der Waals surface area contributed by atoms with Crippen molar-refractivity contribution in [1.82, 2.24) is 10.2 Å². The molecule has 0 aliphatic heterocycles. The minimum atomic E-state index is 0.374. The van der Waals surface area contributed by atoms with Crippen LogP contribution in [-0.2, 0) is 4.74 Å². The third-order valence-electron chi connectivity index (χ3n) is 2.62. The maximum absolute atomic E-state index is 5.01. The van der Waals surface area contributed by atoms with E-state index in [1.807, 2.05) is 0 Å². The molecule has 0 amide bonds. The van der Waals surface area contributed by atoms with Gasteiger partial charge in [0.15, 0.2) is 0 Å². The Balaban J connectivity index is 3.59. The summed E-state index contributed by atoms with van der Waals surface area (Å²) in [6.45, 7) is 13.2. The maximum Gasteiger partial charge on any atom is 0.0474 e. The van der Waals surface area contributed by atoms with Gasteiger partial charge in [-0.15, -0.1) is 0 Å². The van der Waals surface area contributed by atoms with E-state index >= 15 is 0 Å². The van der Waals surface area contributed by atoms with Gasteiger partial charge in [-0.05, 0) is 32.4 Å². The van der Waals surface area contributed by atoms with Crippen LogP contribution in [0.5, 0.6) is 0 Å². The first-order chi connectivity index (χ1) is 7.37. The lowest BCUT2D eigenvalue weighted by Gasteiger charge is -2.31. The molecule has 0 saturated heterocycles. The number of hydrogen-bond donors (Lipinski definition) is 1. The zero-order valence-corrected chi connectivity index (χ0v) is 12.0. The normalized spacial score (nSPS) is 14.4. The maximum atomic E-state index is 5.01. The summed E-state index contributed by atoms with van der Waals surface area (Å²) in [6.07, 6.45) is 1.09. The van der Waals surface area contributed by atoms with Gasteiger partial charge in [0, 0.05) is 32.8 Å². The molecule has 0 aliphatic rings. The zero-order valence-electron chi connectivity index (χ0n) is 12.0. The van der Waals surface area contributed by atoms with Crippen molar-refractivity contribution in [2.24, 2.45) is 5.41 Å². The van der Waals surface area contributed by atoms with Crippen molar-refractivity contribution in [3.63, 3.8) is 0 Å². The Hall–Kier alpha value is -0.120. The van der Waals surface area contributed by atoms with E-state index in [4.69, 9.17) is 4.74 Å². The summed E-state index contributed by atoms with van der Waals surface area (Å²) in [7, 11) is 3.95. The van der Waals surface area contributed by atoms with Crippen molar-refractivity contribution in [1.29, 1.82) is 0 Å². The Morgan fingerprint density at radius 2 is 1.94 bits per heavy atom. The Morgan fingerprint density at radius 3 is 2.44 bits per heavy atom. The molecule has 0 fully saturated rings. The van der Waals surface area contributed by atoms with Gasteiger partial charge < -0.3 is 15.0 Å². The lowest BCUT2D eigenvalue weighted by Crippen LogP contribution is -2.42. The van der Waals surface area contributed by atoms with E-state index in [0.29, 0.717) is 11.5 Å². The van der Waals surface area contributed by atoms with Crippen LogP contribution >= 0.6 is 0 Å². The van der Waals surface area contributed by atoms with Crippen LogP contribution in [0.25, 0.3) is 0 Å². The van der Waals surface area contributed by atoms with Crippen LogP contribution in [0.2, 0.25) is 0 Å². The second-order valence-electron chi connectivity index (χ2n) is 5.88. The molecule has 0 bridgehead atoms. The van der Waals surface area contributed by atoms with Crippen molar-refractivity contribution in [2.75, 3.05) is 40.4 Å². The summed E-state index contributed by atoms with van der Waals surface area (Å²) in [5.74, 6) is 0. The van der Waals surface area contributed by atoms with Crippen LogP contribution in [0, 0.1) is 5.41 Å². The van der Waals surface area contributed by atoms with Gasteiger partial charge >= 0.3 is 0 Å². The van der Waals surface area contributed by atoms with E-state index in [2.05, 4.69) is 45.0 Å². The molecular formula is C13H30N2O. The molecule has 1 N–H and O–H groups in total. The first kappa shape index (κ1) is 15.9. The fraction of sp³-hybridized carbons (Fsp3) is 1.00. The largest absolute Gasteiger partial charge is 0.385 e. The molecule has 0 radical (unpaired) electrons. The summed E-state index contributed by atoms with van der Waals surface area (Å²) in [5.41, 5.74) is 0.374. The summed E-state index contributed by atoms with van der Waals surface area (Å²) in [4.78, 5) is 2.42. The SMILES string of the molecule is COCCCNCC(C)N(C)CC(C)(C)C. The van der Waals surface area contributed by atoms with Crippen molar-refractivity contribution in [3.05, 3.63) is 0 Å². The molecule has 0 aromatic rings. The zero-order chi connectivity index (χ0) is 12.6. The predicted molar refractivity (Wildman–Crippen MR) is 70.9 cm³/mol. The molecule has 0 saturated carbocycles. The summed E-state index contributed by atoms with van der Waals surface area (Å²) in [6, 6.07) is 0.585. The second-order valence-corrected chi connectivity index (χ2v) is 5.88. The van der Waals surface area contributed by atoms with Gasteiger partial charge in [0.25, 0.3) is 0 Å². The number of rotatable bonds is 8. The standard InChI is InChI=1S/C13H30N2O/c1-12(10-14-8-7-9-16-6)15(5)11-13(2,3)4/h12,14H,7-11H2,1-6H3. The third-order valence-corrected chi connectivity index (χ3v) is 2.62. The number of nitrogens with zero attached hydrogens (tertiary/aromatic N) is 1. The summed E-state index contributed by atoms with van der Waals surface area (Å²) < 4.78 is 5.01. The predicted octanol–water partition coefficient (Wildman–Crippen LogP) is 1.98. The molecular weight excluding hydrogens is 200 g/mol. The van der Waals surface area contributed by atoms with Crippen LogP contribution in [0.4, 0.5) is 0 Å². The Labute approximate surface area is 102 Å². The van der Waals surface area contributed by atoms with E-state index in [0.717, 1.165) is 32.7 Å². The van der Waals surface area contributed by atoms with Crippen LogP contribution in [0.1, 0.15) is 34.1 Å². The van der Waals surface area contributed by atoms with E-state index in [1.54, 1.807) is 7.11 Å². The van der Waals surface area contributed by atoms with Gasteiger partial charge in [0.05, 0.1) is 0 Å². The number of methoxy groups -OCH3 is 1. The quantitative estimate of drug-likeness (QED) is 0.645. The Kier molecular flexibility index (Phi) is 7.98. The molecule has 0 aromatic carbocycles. The molecule has 3 nitrogen and oxygen atoms in total. The highest BCUT2D eigenvalue weighted by molar-refractivity contribution is 4.72. The van der Waals surface area contributed by atoms with Crippen molar-refractivity contribution in [3.8, 4) is 0 Å². The van der Waals surface area contributed by atoms with Crippen molar-refractivity contribution in [2.45, 2.75) is 40.2 Å². The molecule has 0 aliphatic carbocycles. The van der Waals surface area contributed by atoms with Gasteiger partial charge in [-0.2, -0.15) is 0 Å². The smallest absolute Gasteiger partial charge is 0.0474 e. The molecule has 98 valence electrons. The number of nitrogens with one attached hydrogen (secondary N) is 1. The molecule has 1 atom stereocenters. The molecule has 16 heavy (non-hydrogen) atoms. The topological polar surface area (TPSA) is 24.5 Å². The second kappa shape index (κ2) is 8.04. The van der Waals surface area contributed by atoms with Gasteiger partial charge in [0.1, 0.15) is 0 Å². The minimum absolute atomic E-state index is 0.374. The number of likely N-dealkylation sites (N-methyl/N-ethyl adjacent to an activating group) is 1. The molecule has 0 spiro atoms. The third kappa shape index (κ3) is 9.13. The van der Waals surface area contributed by atoms with E-state index in [1.165, 1.54) is 0 Å². The highest BCUT2D eigenvalue weighted by Gasteiger charge is 2.16. The highest BCUT2D eigenvalue weighted by Crippen LogP contribution is 2.15. The molecule has 0 aromatic heterocycles. The molecule has 0 heterocycles. The van der Waals surface area contributed by atoms with E-state index in [-0.39, 0.29) is 0 Å². The average molecular weight is 230 g/mol. The van der Waals surface area contributed by atoms with Gasteiger partial charge in [-0.25, -0.2) is 0 Å². The highest BCUT2D eigenvalue weighted by atomic mass is 16.5. The summed E-state index contributed by atoms with van der Waals surface area (Å²) in [5, 5.41) is 3.46. The molecule has 1 unspecified atom stereocenters. The fourth-order valence-corrected chi connectivity index (χ4v) is 1.71. The van der Waals surface area contributed by atoms with Gasteiger partial charge in [-0.3, -0.25) is 0 Å². The lowest BCUT2D eigenvalue weighted by atomic mass is 9.96. The van der Waals surface area contributed by atoms with E-state index < -0.39 is 0 Å². The minimum Gasteiger partial charge on any atom is -0.385 e. The van der Waals surface area contributed by atoms with Gasteiger partial charge in [-0.1, -0.05) is 20.8 Å². The fourth-order valence-electron chi connectivity index (χ4n) is 1.71. The van der Waals surface area contributed by atoms with Crippen LogP contribution < -0.4 is 5.32 Å². The van der Waals surface area contributed by atoms with Crippen molar-refractivity contribution >= 4 is 0 Å². The monoisotopic (exact) mass is 230 g/mol. The Bertz CT molecular complexity index is 166. The number of ether oxygens (including phenoxy) is 1. The average Bonchev–Trinajstić information content (AvgIpc) is 2.14. The van der Waals surface area contributed by atoms with Crippen LogP contribution in [-0.4, -0.2) is 51.3 Å². The number of hydrogen-bond acceptors (Lipinski definition) is 3. The van der Waals surface area contributed by atoms with Crippen LogP contribution in [0.3, 0.4) is 0 Å². The van der Waals surface area contributed by atoms with Gasteiger partial charge in [0.2, 0.25) is 0 Å². The Morgan fingerprint density at radius 1 is 1.31 bits per heavy atom. The van der Waals surface area contributed by atoms with Crippen LogP contribution in [0.15, 0.2) is 0 Å². The van der Waals surface area contributed by atoms with E-state index in [9.17, 15) is 0 Å².